The Hall–Kier alpha value is -1.59. The number of rotatable bonds is 7. The van der Waals surface area contributed by atoms with E-state index >= 15 is 0 Å². The molecule has 0 aromatic rings. The summed E-state index contributed by atoms with van der Waals surface area (Å²) in [5.74, 6) is 0.321. The van der Waals surface area contributed by atoms with Crippen LogP contribution >= 0.6 is 0 Å². The molecule has 1 amide bonds. The summed E-state index contributed by atoms with van der Waals surface area (Å²) in [6, 6.07) is -0.133. The zero-order chi connectivity index (χ0) is 20.6. The van der Waals surface area contributed by atoms with Crippen LogP contribution in [0, 0.1) is 0 Å². The SMILES string of the molecule is CN(C)C(=O)CN=C(NCCN1CCOCC1)NC1CCN(CC(F)(F)F)C1. The zero-order valence-corrected chi connectivity index (χ0v) is 16.6. The molecule has 0 spiro atoms. The van der Waals surface area contributed by atoms with Gasteiger partial charge in [0.25, 0.3) is 0 Å². The maximum Gasteiger partial charge on any atom is 0.401 e. The van der Waals surface area contributed by atoms with Crippen LogP contribution in [0.3, 0.4) is 0 Å². The number of morpholine rings is 1. The summed E-state index contributed by atoms with van der Waals surface area (Å²) < 4.78 is 43.0. The fourth-order valence-electron chi connectivity index (χ4n) is 3.14. The molecule has 28 heavy (non-hydrogen) atoms. The molecule has 2 fully saturated rings. The minimum absolute atomic E-state index is 0.0150. The molecule has 162 valence electrons. The smallest absolute Gasteiger partial charge is 0.379 e. The van der Waals surface area contributed by atoms with Gasteiger partial charge >= 0.3 is 6.18 Å². The molecule has 0 aromatic carbocycles. The molecule has 0 aromatic heterocycles. The van der Waals surface area contributed by atoms with Crippen molar-refractivity contribution < 1.29 is 22.7 Å². The molecule has 2 heterocycles. The number of hydrogen-bond acceptors (Lipinski definition) is 5. The molecule has 0 radical (unpaired) electrons. The van der Waals surface area contributed by atoms with E-state index in [0.717, 1.165) is 19.6 Å². The van der Waals surface area contributed by atoms with Gasteiger partial charge in [-0.15, -0.1) is 0 Å². The van der Waals surface area contributed by atoms with Gasteiger partial charge in [0.05, 0.1) is 19.8 Å². The van der Waals surface area contributed by atoms with Crippen LogP contribution in [0.25, 0.3) is 0 Å². The molecular weight excluding hydrogens is 377 g/mol. The van der Waals surface area contributed by atoms with Crippen LogP contribution in [0.2, 0.25) is 0 Å². The number of halogens is 3. The maximum atomic E-state index is 12.6. The number of amides is 1. The summed E-state index contributed by atoms with van der Waals surface area (Å²) in [4.78, 5) is 21.2. The van der Waals surface area contributed by atoms with Crippen molar-refractivity contribution in [3.8, 4) is 0 Å². The normalized spacial score (nSPS) is 22.3. The van der Waals surface area contributed by atoms with E-state index in [2.05, 4.69) is 20.5 Å². The highest BCUT2D eigenvalue weighted by atomic mass is 19.4. The van der Waals surface area contributed by atoms with Crippen molar-refractivity contribution in [2.45, 2.75) is 18.6 Å². The lowest BCUT2D eigenvalue weighted by atomic mass is 10.3. The van der Waals surface area contributed by atoms with E-state index < -0.39 is 12.7 Å². The van der Waals surface area contributed by atoms with Crippen LogP contribution in [-0.4, -0.2) is 118 Å². The molecule has 11 heteroatoms. The first kappa shape index (κ1) is 22.7. The van der Waals surface area contributed by atoms with Crippen molar-refractivity contribution in [1.29, 1.82) is 0 Å². The molecule has 1 unspecified atom stereocenters. The first-order valence-corrected chi connectivity index (χ1v) is 9.57. The number of nitrogens with one attached hydrogen (secondary N) is 2. The Morgan fingerprint density at radius 3 is 2.57 bits per heavy atom. The second-order valence-electron chi connectivity index (χ2n) is 7.31. The van der Waals surface area contributed by atoms with Crippen LogP contribution in [0.15, 0.2) is 4.99 Å². The van der Waals surface area contributed by atoms with Crippen LogP contribution < -0.4 is 10.6 Å². The van der Waals surface area contributed by atoms with Gasteiger partial charge in [0.2, 0.25) is 5.91 Å². The molecule has 2 N–H and O–H groups in total. The van der Waals surface area contributed by atoms with Gasteiger partial charge in [-0.2, -0.15) is 13.2 Å². The van der Waals surface area contributed by atoms with E-state index in [1.165, 1.54) is 9.80 Å². The molecule has 0 bridgehead atoms. The number of guanidine groups is 1. The minimum atomic E-state index is -4.19. The van der Waals surface area contributed by atoms with E-state index in [-0.39, 0.29) is 18.5 Å². The predicted molar refractivity (Wildman–Crippen MR) is 100 cm³/mol. The van der Waals surface area contributed by atoms with Crippen molar-refractivity contribution in [2.24, 2.45) is 4.99 Å². The molecule has 0 aliphatic carbocycles. The second-order valence-corrected chi connectivity index (χ2v) is 7.31. The van der Waals surface area contributed by atoms with Crippen molar-refractivity contribution in [3.63, 3.8) is 0 Å². The largest absolute Gasteiger partial charge is 0.401 e. The van der Waals surface area contributed by atoms with Crippen molar-refractivity contribution >= 4 is 11.9 Å². The van der Waals surface area contributed by atoms with Gasteiger partial charge in [0.15, 0.2) is 5.96 Å². The zero-order valence-electron chi connectivity index (χ0n) is 16.6. The summed E-state index contributed by atoms with van der Waals surface area (Å²) in [5, 5.41) is 6.38. The third-order valence-electron chi connectivity index (χ3n) is 4.71. The first-order chi connectivity index (χ1) is 13.2. The second kappa shape index (κ2) is 10.8. The molecule has 0 saturated carbocycles. The number of alkyl halides is 3. The lowest BCUT2D eigenvalue weighted by Crippen LogP contribution is -2.48. The Labute approximate surface area is 164 Å². The fourth-order valence-corrected chi connectivity index (χ4v) is 3.14. The number of likely N-dealkylation sites (tertiary alicyclic amines) is 1. The van der Waals surface area contributed by atoms with Crippen molar-refractivity contribution in [3.05, 3.63) is 0 Å². The Morgan fingerprint density at radius 2 is 1.93 bits per heavy atom. The fraction of sp³-hybridized carbons (Fsp3) is 0.882. The number of carbonyl (C=O) groups excluding carboxylic acids is 1. The Bertz CT molecular complexity index is 524. The number of likely N-dealkylation sites (N-methyl/N-ethyl adjacent to an activating group) is 1. The molecule has 2 aliphatic heterocycles. The lowest BCUT2D eigenvalue weighted by molar-refractivity contribution is -0.143. The third-order valence-corrected chi connectivity index (χ3v) is 4.71. The summed E-state index contributed by atoms with van der Waals surface area (Å²) >= 11 is 0. The highest BCUT2D eigenvalue weighted by molar-refractivity contribution is 5.85. The van der Waals surface area contributed by atoms with Crippen LogP contribution in [0.1, 0.15) is 6.42 Å². The standard InChI is InChI=1S/C17H31F3N6O2/c1-24(2)15(27)11-22-16(21-4-6-25-7-9-28-10-8-25)23-14-3-5-26(12-14)13-17(18,19)20/h14H,3-13H2,1-2H3,(H2,21,22,23). The molecule has 1 atom stereocenters. The highest BCUT2D eigenvalue weighted by Gasteiger charge is 2.34. The minimum Gasteiger partial charge on any atom is -0.379 e. The van der Waals surface area contributed by atoms with E-state index in [9.17, 15) is 18.0 Å². The molecule has 2 saturated heterocycles. The topological polar surface area (TPSA) is 72.4 Å². The van der Waals surface area contributed by atoms with Gasteiger partial charge in [-0.3, -0.25) is 14.6 Å². The Kier molecular flexibility index (Phi) is 8.77. The predicted octanol–water partition coefficient (Wildman–Crippen LogP) is -0.421. The van der Waals surface area contributed by atoms with Crippen LogP contribution in [0.4, 0.5) is 13.2 Å². The average molecular weight is 408 g/mol. The average Bonchev–Trinajstić information content (AvgIpc) is 3.05. The number of hydrogen-bond donors (Lipinski definition) is 2. The number of nitrogens with zero attached hydrogens (tertiary/aromatic N) is 4. The van der Waals surface area contributed by atoms with Gasteiger partial charge in [0, 0.05) is 59.4 Å². The number of carbonyl (C=O) groups is 1. The van der Waals surface area contributed by atoms with Gasteiger partial charge in [0.1, 0.15) is 6.54 Å². The summed E-state index contributed by atoms with van der Waals surface area (Å²) in [5.41, 5.74) is 0. The summed E-state index contributed by atoms with van der Waals surface area (Å²) in [7, 11) is 3.31. The van der Waals surface area contributed by atoms with Gasteiger partial charge in [-0.05, 0) is 6.42 Å². The van der Waals surface area contributed by atoms with E-state index in [1.807, 2.05) is 0 Å². The van der Waals surface area contributed by atoms with E-state index in [1.54, 1.807) is 14.1 Å². The molecule has 8 nitrogen and oxygen atoms in total. The third kappa shape index (κ3) is 8.61. The maximum absolute atomic E-state index is 12.6. The van der Waals surface area contributed by atoms with Gasteiger partial charge in [-0.1, -0.05) is 0 Å². The Morgan fingerprint density at radius 1 is 1.21 bits per heavy atom. The van der Waals surface area contributed by atoms with E-state index in [4.69, 9.17) is 4.74 Å². The van der Waals surface area contributed by atoms with Gasteiger partial charge in [-0.25, -0.2) is 4.99 Å². The molecule has 2 aliphatic rings. The first-order valence-electron chi connectivity index (χ1n) is 9.57. The Balaban J connectivity index is 1.84. The number of ether oxygens (including phenoxy) is 1. The van der Waals surface area contributed by atoms with Crippen molar-refractivity contribution in [2.75, 3.05) is 79.7 Å². The highest BCUT2D eigenvalue weighted by Crippen LogP contribution is 2.19. The van der Waals surface area contributed by atoms with Crippen molar-refractivity contribution in [1.82, 2.24) is 25.3 Å². The summed E-state index contributed by atoms with van der Waals surface area (Å²) in [6.07, 6.45) is -3.60. The lowest BCUT2D eigenvalue weighted by Gasteiger charge is -2.27. The van der Waals surface area contributed by atoms with Crippen LogP contribution in [-0.2, 0) is 9.53 Å². The summed E-state index contributed by atoms with van der Waals surface area (Å²) in [6.45, 7) is 4.37. The number of aliphatic imine (C=N–C) groups is 1. The van der Waals surface area contributed by atoms with Crippen LogP contribution in [0.5, 0.6) is 0 Å². The quantitative estimate of drug-likeness (QED) is 0.440. The van der Waals surface area contributed by atoms with Gasteiger partial charge < -0.3 is 20.3 Å². The molecular formula is C17H31F3N6O2. The monoisotopic (exact) mass is 408 g/mol. The van der Waals surface area contributed by atoms with E-state index in [0.29, 0.717) is 45.2 Å². The molecule has 2 rings (SSSR count).